The van der Waals surface area contributed by atoms with Crippen LogP contribution in [0.4, 0.5) is 8.78 Å². The lowest BCUT2D eigenvalue weighted by Gasteiger charge is -2.35. The van der Waals surface area contributed by atoms with Gasteiger partial charge in [-0.3, -0.25) is 0 Å². The van der Waals surface area contributed by atoms with Gasteiger partial charge in [0.1, 0.15) is 17.4 Å². The first-order valence-corrected chi connectivity index (χ1v) is 12.5. The maximum atomic E-state index is 14.2. The Balaban J connectivity index is 1.44. The maximum Gasteiger partial charge on any atom is 0.123 e. The van der Waals surface area contributed by atoms with Gasteiger partial charge in [-0.2, -0.15) is 0 Å². The Morgan fingerprint density at radius 3 is 2.52 bits per heavy atom. The quantitative estimate of drug-likeness (QED) is 0.511. The average molecular weight is 456 g/mol. The number of benzene rings is 2. The third-order valence-corrected chi connectivity index (χ3v) is 7.84. The van der Waals surface area contributed by atoms with Gasteiger partial charge in [-0.05, 0) is 101 Å². The molecule has 0 N–H and O–H groups in total. The van der Waals surface area contributed by atoms with Crippen LogP contribution in [0, 0.1) is 17.6 Å². The molecule has 0 amide bonds. The van der Waals surface area contributed by atoms with Crippen molar-refractivity contribution in [3.63, 3.8) is 0 Å². The van der Waals surface area contributed by atoms with Gasteiger partial charge in [0.2, 0.25) is 0 Å². The molecule has 2 aromatic rings. The van der Waals surface area contributed by atoms with Gasteiger partial charge in [0.25, 0.3) is 0 Å². The van der Waals surface area contributed by atoms with Gasteiger partial charge in [-0.25, -0.2) is 8.78 Å². The summed E-state index contributed by atoms with van der Waals surface area (Å²) in [5, 5.41) is 0. The van der Waals surface area contributed by atoms with Crippen LogP contribution in [0.25, 0.3) is 0 Å². The average Bonchev–Trinajstić information content (AvgIpc) is 3.52. The van der Waals surface area contributed by atoms with Crippen LogP contribution in [0.15, 0.2) is 42.5 Å². The highest BCUT2D eigenvalue weighted by molar-refractivity contribution is 5.39. The van der Waals surface area contributed by atoms with Gasteiger partial charge < -0.3 is 14.4 Å². The van der Waals surface area contributed by atoms with E-state index in [0.717, 1.165) is 42.7 Å². The summed E-state index contributed by atoms with van der Waals surface area (Å²) in [4.78, 5) is 2.58. The maximum absolute atomic E-state index is 14.2. The van der Waals surface area contributed by atoms with Gasteiger partial charge >= 0.3 is 0 Å². The second kappa shape index (κ2) is 9.34. The summed E-state index contributed by atoms with van der Waals surface area (Å²) in [5.74, 6) is 1.08. The van der Waals surface area contributed by atoms with E-state index in [9.17, 15) is 8.78 Å². The molecule has 33 heavy (non-hydrogen) atoms. The fraction of sp³-hybridized carbons (Fsp3) is 0.571. The van der Waals surface area contributed by atoms with Crippen LogP contribution >= 0.6 is 0 Å². The molecule has 5 rings (SSSR count). The molecule has 0 radical (unpaired) electrons. The number of rotatable bonds is 6. The molecule has 3 nitrogen and oxygen atoms in total. The Bertz CT molecular complexity index is 957. The number of halogens is 2. The molecule has 1 saturated carbocycles. The second-order valence-electron chi connectivity index (χ2n) is 10.5. The molecule has 5 heteroatoms. The number of hydrogen-bond donors (Lipinski definition) is 0. The van der Waals surface area contributed by atoms with Gasteiger partial charge in [-0.1, -0.05) is 12.1 Å². The Kier molecular flexibility index (Phi) is 6.45. The van der Waals surface area contributed by atoms with Crippen molar-refractivity contribution >= 4 is 0 Å². The van der Waals surface area contributed by atoms with E-state index >= 15 is 0 Å². The molecular weight excluding hydrogens is 420 g/mol. The van der Waals surface area contributed by atoms with Crippen molar-refractivity contribution in [1.29, 1.82) is 0 Å². The minimum atomic E-state index is -0.297. The van der Waals surface area contributed by atoms with Crippen molar-refractivity contribution in [1.82, 2.24) is 4.90 Å². The fourth-order valence-electron chi connectivity index (χ4n) is 6.51. The molecular formula is C28H35F2NO2. The zero-order valence-corrected chi connectivity index (χ0v) is 19.7. The first-order valence-electron chi connectivity index (χ1n) is 12.5. The SMILES string of the molecule is CC(C)Oc1ccc(F)cc1[C@H]1CO[C@]2(CC[C@H](CN3CCCC3)[C@H]2c2ccc(F)cc2)C1. The zero-order valence-electron chi connectivity index (χ0n) is 19.7. The Morgan fingerprint density at radius 2 is 1.79 bits per heavy atom. The van der Waals surface area contributed by atoms with Crippen molar-refractivity contribution < 1.29 is 18.3 Å². The van der Waals surface area contributed by atoms with Crippen molar-refractivity contribution in [3.05, 3.63) is 65.2 Å². The molecule has 1 spiro atoms. The summed E-state index contributed by atoms with van der Waals surface area (Å²) in [6.07, 6.45) is 5.49. The van der Waals surface area contributed by atoms with E-state index in [-0.39, 0.29) is 35.2 Å². The topological polar surface area (TPSA) is 21.7 Å². The minimum absolute atomic E-state index is 0.0220. The number of likely N-dealkylation sites (tertiary alicyclic amines) is 1. The smallest absolute Gasteiger partial charge is 0.123 e. The highest BCUT2D eigenvalue weighted by atomic mass is 19.1. The monoisotopic (exact) mass is 455 g/mol. The molecule has 0 unspecified atom stereocenters. The van der Waals surface area contributed by atoms with Gasteiger partial charge in [0.15, 0.2) is 0 Å². The second-order valence-corrected chi connectivity index (χ2v) is 10.5. The molecule has 3 aliphatic rings. The molecule has 2 aliphatic heterocycles. The van der Waals surface area contributed by atoms with Crippen LogP contribution < -0.4 is 4.74 Å². The number of nitrogens with zero attached hydrogens (tertiary/aromatic N) is 1. The lowest BCUT2D eigenvalue weighted by atomic mass is 9.76. The van der Waals surface area contributed by atoms with Gasteiger partial charge in [0.05, 0.1) is 18.3 Å². The predicted molar refractivity (Wildman–Crippen MR) is 126 cm³/mol. The van der Waals surface area contributed by atoms with E-state index < -0.39 is 0 Å². The summed E-state index contributed by atoms with van der Waals surface area (Å²) < 4.78 is 40.7. The molecule has 2 aromatic carbocycles. The normalized spacial score (nSPS) is 30.0. The lowest BCUT2D eigenvalue weighted by molar-refractivity contribution is -0.0106. The van der Waals surface area contributed by atoms with Gasteiger partial charge in [-0.15, -0.1) is 0 Å². The largest absolute Gasteiger partial charge is 0.491 e. The third-order valence-electron chi connectivity index (χ3n) is 7.84. The van der Waals surface area contributed by atoms with Crippen LogP contribution in [-0.4, -0.2) is 42.8 Å². The van der Waals surface area contributed by atoms with E-state index in [1.807, 2.05) is 26.0 Å². The molecule has 3 fully saturated rings. The van der Waals surface area contributed by atoms with Crippen molar-refractivity contribution in [2.24, 2.45) is 5.92 Å². The molecule has 2 saturated heterocycles. The van der Waals surface area contributed by atoms with E-state index in [0.29, 0.717) is 12.5 Å². The zero-order chi connectivity index (χ0) is 23.0. The first kappa shape index (κ1) is 22.8. The Labute approximate surface area is 196 Å². The van der Waals surface area contributed by atoms with E-state index in [2.05, 4.69) is 4.90 Å². The summed E-state index contributed by atoms with van der Waals surface area (Å²) in [7, 11) is 0. The standard InChI is InChI=1S/C28H35F2NO2/c1-19(2)33-26-10-9-24(30)15-25(26)22-16-28(32-18-22)12-11-21(17-31-13-3-4-14-31)27(28)20-5-7-23(29)8-6-20/h5-10,15,19,21-22,27H,3-4,11-14,16-18H2,1-2H3/t21-,22-,27-,28-/m1/s1. The summed E-state index contributed by atoms with van der Waals surface area (Å²) in [6.45, 7) is 7.95. The summed E-state index contributed by atoms with van der Waals surface area (Å²) in [6, 6.07) is 11.9. The number of hydrogen-bond acceptors (Lipinski definition) is 3. The van der Waals surface area contributed by atoms with Crippen molar-refractivity contribution in [3.8, 4) is 5.75 Å². The molecule has 0 aromatic heterocycles. The first-order chi connectivity index (χ1) is 15.9. The van der Waals surface area contributed by atoms with E-state index in [4.69, 9.17) is 9.47 Å². The van der Waals surface area contributed by atoms with Gasteiger partial charge in [0, 0.05) is 23.9 Å². The van der Waals surface area contributed by atoms with Crippen LogP contribution in [0.2, 0.25) is 0 Å². The van der Waals surface area contributed by atoms with Crippen molar-refractivity contribution in [2.45, 2.75) is 69.5 Å². The van der Waals surface area contributed by atoms with Crippen LogP contribution in [-0.2, 0) is 4.74 Å². The highest BCUT2D eigenvalue weighted by Crippen LogP contribution is 2.57. The number of ether oxygens (including phenoxy) is 2. The third kappa shape index (κ3) is 4.67. The Hall–Kier alpha value is -1.98. The summed E-state index contributed by atoms with van der Waals surface area (Å²) in [5.41, 5.74) is 1.77. The highest BCUT2D eigenvalue weighted by Gasteiger charge is 2.54. The minimum Gasteiger partial charge on any atom is -0.491 e. The van der Waals surface area contributed by atoms with Crippen molar-refractivity contribution in [2.75, 3.05) is 26.2 Å². The van der Waals surface area contributed by atoms with Crippen LogP contribution in [0.5, 0.6) is 5.75 Å². The van der Waals surface area contributed by atoms with E-state index in [1.165, 1.54) is 32.0 Å². The Morgan fingerprint density at radius 1 is 1.06 bits per heavy atom. The predicted octanol–water partition coefficient (Wildman–Crippen LogP) is 6.28. The molecule has 0 bridgehead atoms. The molecule has 1 aliphatic carbocycles. The van der Waals surface area contributed by atoms with E-state index in [1.54, 1.807) is 24.3 Å². The van der Waals surface area contributed by atoms with Crippen LogP contribution in [0.3, 0.4) is 0 Å². The molecule has 178 valence electrons. The molecule has 4 atom stereocenters. The lowest BCUT2D eigenvalue weighted by Crippen LogP contribution is -2.36. The fourth-order valence-corrected chi connectivity index (χ4v) is 6.51. The molecule has 2 heterocycles. The summed E-state index contributed by atoms with van der Waals surface area (Å²) >= 11 is 0. The van der Waals surface area contributed by atoms with Crippen LogP contribution in [0.1, 0.15) is 68.9 Å².